The summed E-state index contributed by atoms with van der Waals surface area (Å²) in [6.07, 6.45) is -0.697. The van der Waals surface area contributed by atoms with Crippen molar-refractivity contribution < 1.29 is 24.2 Å². The molecule has 0 aromatic heterocycles. The number of nitrogens with zero attached hydrogens (tertiary/aromatic N) is 2. The molecule has 1 aliphatic carbocycles. The lowest BCUT2D eigenvalue weighted by atomic mass is 9.98. The zero-order chi connectivity index (χ0) is 24.8. The molecule has 0 saturated heterocycles. The van der Waals surface area contributed by atoms with E-state index in [0.29, 0.717) is 6.54 Å². The first kappa shape index (κ1) is 25.2. The van der Waals surface area contributed by atoms with Gasteiger partial charge in [-0.2, -0.15) is 0 Å². The Labute approximate surface area is 200 Å². The number of alkyl carbamates (subject to hydrolysis) is 1. The first-order chi connectivity index (χ1) is 16.2. The van der Waals surface area contributed by atoms with Gasteiger partial charge >= 0.3 is 12.1 Å². The van der Waals surface area contributed by atoms with E-state index < -0.39 is 30.6 Å². The van der Waals surface area contributed by atoms with Gasteiger partial charge in [-0.3, -0.25) is 9.59 Å². The van der Waals surface area contributed by atoms with Crippen molar-refractivity contribution in [1.82, 2.24) is 15.1 Å². The molecule has 2 aromatic carbocycles. The minimum absolute atomic E-state index is 0.0880. The van der Waals surface area contributed by atoms with E-state index in [4.69, 9.17) is 4.74 Å². The first-order valence-corrected chi connectivity index (χ1v) is 11.5. The molecule has 1 aliphatic rings. The van der Waals surface area contributed by atoms with E-state index in [9.17, 15) is 19.5 Å². The smallest absolute Gasteiger partial charge is 0.407 e. The van der Waals surface area contributed by atoms with Crippen molar-refractivity contribution in [3.63, 3.8) is 0 Å². The molecule has 8 heteroatoms. The first-order valence-electron chi connectivity index (χ1n) is 11.5. The largest absolute Gasteiger partial charge is 0.480 e. The van der Waals surface area contributed by atoms with Crippen LogP contribution in [-0.4, -0.2) is 79.3 Å². The number of carbonyl (C=O) groups excluding carboxylic acids is 2. The third kappa shape index (κ3) is 5.94. The van der Waals surface area contributed by atoms with Crippen molar-refractivity contribution in [2.45, 2.75) is 25.8 Å². The third-order valence-electron chi connectivity index (χ3n) is 6.00. The Bertz CT molecular complexity index is 991. The highest BCUT2D eigenvalue weighted by Crippen LogP contribution is 2.44. The molecule has 1 atom stereocenters. The van der Waals surface area contributed by atoms with Gasteiger partial charge in [0.15, 0.2) is 0 Å². The second-order valence-corrected chi connectivity index (χ2v) is 9.15. The molecule has 0 bridgehead atoms. The number of hydrogen-bond donors (Lipinski definition) is 2. The van der Waals surface area contributed by atoms with E-state index in [0.717, 1.165) is 22.3 Å². The quantitative estimate of drug-likeness (QED) is 0.557. The van der Waals surface area contributed by atoms with E-state index in [1.165, 1.54) is 4.90 Å². The van der Waals surface area contributed by atoms with Crippen molar-refractivity contribution in [3.05, 3.63) is 59.7 Å². The highest BCUT2D eigenvalue weighted by molar-refractivity contribution is 5.88. The van der Waals surface area contributed by atoms with Crippen LogP contribution in [0.4, 0.5) is 4.79 Å². The Morgan fingerprint density at radius 2 is 1.53 bits per heavy atom. The molecule has 0 unspecified atom stereocenters. The predicted octanol–water partition coefficient (Wildman–Crippen LogP) is 3.02. The molecule has 3 rings (SSSR count). The number of fused-ring (bicyclic) bond motifs is 3. The van der Waals surface area contributed by atoms with Gasteiger partial charge in [0.05, 0.1) is 0 Å². The fourth-order valence-electron chi connectivity index (χ4n) is 4.23. The number of ether oxygens (including phenoxy) is 1. The summed E-state index contributed by atoms with van der Waals surface area (Å²) in [7, 11) is 3.69. The lowest BCUT2D eigenvalue weighted by molar-refractivity contribution is -0.145. The number of aliphatic carboxylic acids is 1. The number of likely N-dealkylation sites (N-methyl/N-ethyl adjacent to an activating group) is 1. The maximum atomic E-state index is 13.1. The molecule has 0 heterocycles. The Morgan fingerprint density at radius 3 is 2.03 bits per heavy atom. The predicted molar refractivity (Wildman–Crippen MR) is 130 cm³/mol. The molecule has 0 aliphatic heterocycles. The highest BCUT2D eigenvalue weighted by Gasteiger charge is 2.32. The van der Waals surface area contributed by atoms with Crippen LogP contribution in [0.2, 0.25) is 0 Å². The average Bonchev–Trinajstić information content (AvgIpc) is 3.11. The number of hydrogen-bond acceptors (Lipinski definition) is 5. The normalized spacial score (nSPS) is 13.4. The van der Waals surface area contributed by atoms with E-state index in [2.05, 4.69) is 17.4 Å². The van der Waals surface area contributed by atoms with Crippen molar-refractivity contribution in [2.75, 3.05) is 40.3 Å². The van der Waals surface area contributed by atoms with E-state index in [1.54, 1.807) is 13.8 Å². The SMILES string of the molecule is CC(C)[C@@H](NC(=O)OCC1c2ccccc2-c2ccccc21)C(=O)N(CCN(C)C)CC(=O)O. The fourth-order valence-corrected chi connectivity index (χ4v) is 4.23. The van der Waals surface area contributed by atoms with Gasteiger partial charge in [0.2, 0.25) is 5.91 Å². The zero-order valence-electron chi connectivity index (χ0n) is 20.2. The van der Waals surface area contributed by atoms with E-state index >= 15 is 0 Å². The average molecular weight is 468 g/mol. The van der Waals surface area contributed by atoms with E-state index in [-0.39, 0.29) is 25.0 Å². The van der Waals surface area contributed by atoms with Gasteiger partial charge in [0, 0.05) is 19.0 Å². The van der Waals surface area contributed by atoms with Crippen molar-refractivity contribution >= 4 is 18.0 Å². The van der Waals surface area contributed by atoms with Crippen LogP contribution in [0, 0.1) is 5.92 Å². The van der Waals surface area contributed by atoms with Crippen LogP contribution < -0.4 is 5.32 Å². The van der Waals surface area contributed by atoms with Gasteiger partial charge in [0.1, 0.15) is 19.2 Å². The molecule has 34 heavy (non-hydrogen) atoms. The standard InChI is InChI=1S/C26H33N3O5/c1-17(2)24(25(32)29(15-23(30)31)14-13-28(3)4)27-26(33)34-16-22-20-11-7-5-9-18(20)19-10-6-8-12-21(19)22/h5-12,17,22,24H,13-16H2,1-4H3,(H,27,33)(H,30,31)/t24-/m1/s1. The molecule has 2 aromatic rings. The minimum Gasteiger partial charge on any atom is -0.480 e. The molecule has 8 nitrogen and oxygen atoms in total. The van der Waals surface area contributed by atoms with E-state index in [1.807, 2.05) is 55.4 Å². The molecule has 2 amide bonds. The van der Waals surface area contributed by atoms with Crippen LogP contribution in [0.1, 0.15) is 30.9 Å². The summed E-state index contributed by atoms with van der Waals surface area (Å²) < 4.78 is 5.58. The van der Waals surface area contributed by atoms with Crippen molar-refractivity contribution in [2.24, 2.45) is 5.92 Å². The number of carbonyl (C=O) groups is 3. The second kappa shape index (κ2) is 11.2. The minimum atomic E-state index is -1.10. The zero-order valence-corrected chi connectivity index (χ0v) is 20.2. The number of benzene rings is 2. The maximum absolute atomic E-state index is 13.1. The number of amides is 2. The summed E-state index contributed by atoms with van der Waals surface area (Å²) in [4.78, 5) is 40.3. The lowest BCUT2D eigenvalue weighted by Gasteiger charge is -2.29. The molecule has 2 N–H and O–H groups in total. The molecule has 182 valence electrons. The molecular formula is C26H33N3O5. The number of carboxylic acids is 1. The molecule has 0 radical (unpaired) electrons. The third-order valence-corrected chi connectivity index (χ3v) is 6.00. The monoisotopic (exact) mass is 467 g/mol. The Kier molecular flexibility index (Phi) is 8.28. The van der Waals surface area contributed by atoms with Gasteiger partial charge in [-0.1, -0.05) is 62.4 Å². The van der Waals surface area contributed by atoms with Crippen molar-refractivity contribution in [1.29, 1.82) is 0 Å². The Morgan fingerprint density at radius 1 is 0.971 bits per heavy atom. The Balaban J connectivity index is 1.68. The highest BCUT2D eigenvalue weighted by atomic mass is 16.5. The summed E-state index contributed by atoms with van der Waals surface area (Å²) in [5, 5.41) is 11.9. The molecule has 0 spiro atoms. The summed E-state index contributed by atoms with van der Waals surface area (Å²) in [6, 6.07) is 15.2. The molecular weight excluding hydrogens is 434 g/mol. The maximum Gasteiger partial charge on any atom is 0.407 e. The number of nitrogens with one attached hydrogen (secondary N) is 1. The summed E-state index contributed by atoms with van der Waals surface area (Å²) in [5.41, 5.74) is 4.47. The second-order valence-electron chi connectivity index (χ2n) is 9.15. The molecule has 0 fully saturated rings. The summed E-state index contributed by atoms with van der Waals surface area (Å²) in [6.45, 7) is 4.07. The van der Waals surface area contributed by atoms with Crippen LogP contribution in [0.3, 0.4) is 0 Å². The molecule has 0 saturated carbocycles. The number of carboxylic acid groups (broad SMARTS) is 1. The lowest BCUT2D eigenvalue weighted by Crippen LogP contribution is -2.53. The van der Waals surface area contributed by atoms with Crippen molar-refractivity contribution in [3.8, 4) is 11.1 Å². The van der Waals surface area contributed by atoms with Crippen LogP contribution in [0.25, 0.3) is 11.1 Å². The van der Waals surface area contributed by atoms with Gasteiger partial charge in [0.25, 0.3) is 0 Å². The number of rotatable bonds is 10. The van der Waals surface area contributed by atoms with Crippen LogP contribution >= 0.6 is 0 Å². The van der Waals surface area contributed by atoms with Gasteiger partial charge in [-0.25, -0.2) is 4.79 Å². The Hall–Kier alpha value is -3.39. The van der Waals surface area contributed by atoms with Gasteiger partial charge < -0.3 is 25.0 Å². The van der Waals surface area contributed by atoms with Crippen LogP contribution in [0.15, 0.2) is 48.5 Å². The summed E-state index contributed by atoms with van der Waals surface area (Å²) >= 11 is 0. The van der Waals surface area contributed by atoms with Crippen LogP contribution in [-0.2, 0) is 14.3 Å². The summed E-state index contributed by atoms with van der Waals surface area (Å²) in [5.74, 6) is -1.87. The topological polar surface area (TPSA) is 99.2 Å². The fraction of sp³-hybridized carbons (Fsp3) is 0.423. The van der Waals surface area contributed by atoms with Gasteiger partial charge in [-0.15, -0.1) is 0 Å². The van der Waals surface area contributed by atoms with Crippen LogP contribution in [0.5, 0.6) is 0 Å². The van der Waals surface area contributed by atoms with Gasteiger partial charge in [-0.05, 0) is 42.3 Å².